The maximum atomic E-state index is 12.6. The Bertz CT molecular complexity index is 916. The zero-order chi connectivity index (χ0) is 18.8. The van der Waals surface area contributed by atoms with Crippen LogP contribution < -0.4 is 10.1 Å². The fourth-order valence-electron chi connectivity index (χ4n) is 1.99. The Labute approximate surface area is 165 Å². The van der Waals surface area contributed by atoms with Gasteiger partial charge in [0.05, 0.1) is 22.6 Å². The van der Waals surface area contributed by atoms with Crippen molar-refractivity contribution < 1.29 is 17.9 Å². The molecule has 1 N–H and O–H groups in total. The summed E-state index contributed by atoms with van der Waals surface area (Å²) >= 11 is 8.03. The molecule has 0 spiro atoms. The smallest absolute Gasteiger partial charge is 0.256 e. The number of amides is 1. The summed E-state index contributed by atoms with van der Waals surface area (Å²) in [6, 6.07) is 9.26. The summed E-state index contributed by atoms with van der Waals surface area (Å²) in [6.45, 7) is 0. The Morgan fingerprint density at radius 3 is 2.44 bits per heavy atom. The van der Waals surface area contributed by atoms with Crippen LogP contribution >= 0.6 is 34.2 Å². The Morgan fingerprint density at radius 2 is 1.88 bits per heavy atom. The molecule has 0 saturated heterocycles. The number of methoxy groups -OCH3 is 1. The third kappa shape index (κ3) is 4.43. The van der Waals surface area contributed by atoms with Crippen molar-refractivity contribution >= 4 is 55.8 Å². The number of hydrogen-bond acceptors (Lipinski definition) is 4. The third-order valence-corrected chi connectivity index (χ3v) is 6.42. The summed E-state index contributed by atoms with van der Waals surface area (Å²) in [5, 5.41) is 3.07. The molecule has 0 saturated carbocycles. The van der Waals surface area contributed by atoms with Crippen LogP contribution in [-0.2, 0) is 10.0 Å². The van der Waals surface area contributed by atoms with E-state index in [1.807, 2.05) is 22.6 Å². The number of hydrogen-bond donors (Lipinski definition) is 1. The van der Waals surface area contributed by atoms with Crippen LogP contribution in [0.2, 0.25) is 5.02 Å². The van der Waals surface area contributed by atoms with Crippen LogP contribution in [0.1, 0.15) is 10.4 Å². The highest BCUT2D eigenvalue weighted by Crippen LogP contribution is 2.28. The zero-order valence-electron chi connectivity index (χ0n) is 13.7. The minimum atomic E-state index is -3.63. The van der Waals surface area contributed by atoms with Crippen LogP contribution in [0.25, 0.3) is 0 Å². The molecule has 25 heavy (non-hydrogen) atoms. The Kier molecular flexibility index (Phi) is 6.30. The Hall–Kier alpha value is -1.36. The molecule has 6 nitrogen and oxygen atoms in total. The van der Waals surface area contributed by atoms with Crippen molar-refractivity contribution in [1.29, 1.82) is 0 Å². The first kappa shape index (κ1) is 20.0. The molecule has 0 fully saturated rings. The van der Waals surface area contributed by atoms with Gasteiger partial charge in [-0.05, 0) is 59.0 Å². The molecule has 9 heteroatoms. The fourth-order valence-corrected chi connectivity index (χ4v) is 3.76. The number of rotatable bonds is 5. The van der Waals surface area contributed by atoms with Gasteiger partial charge in [-0.15, -0.1) is 0 Å². The van der Waals surface area contributed by atoms with E-state index in [0.29, 0.717) is 20.0 Å². The van der Waals surface area contributed by atoms with Gasteiger partial charge in [0.2, 0.25) is 10.0 Å². The van der Waals surface area contributed by atoms with E-state index in [2.05, 4.69) is 5.32 Å². The summed E-state index contributed by atoms with van der Waals surface area (Å²) < 4.78 is 31.3. The van der Waals surface area contributed by atoms with Crippen LogP contribution in [0.5, 0.6) is 5.75 Å². The molecule has 1 amide bonds. The summed E-state index contributed by atoms with van der Waals surface area (Å²) in [6.07, 6.45) is 0. The van der Waals surface area contributed by atoms with E-state index < -0.39 is 15.9 Å². The number of sulfonamides is 1. The maximum absolute atomic E-state index is 12.6. The number of halogens is 2. The van der Waals surface area contributed by atoms with E-state index in [9.17, 15) is 13.2 Å². The molecule has 2 rings (SSSR count). The first-order valence-corrected chi connectivity index (χ1v) is 9.93. The molecule has 0 unspecified atom stereocenters. The highest BCUT2D eigenvalue weighted by molar-refractivity contribution is 14.1. The average molecular weight is 495 g/mol. The molecule has 0 heterocycles. The van der Waals surface area contributed by atoms with Crippen molar-refractivity contribution in [2.45, 2.75) is 4.90 Å². The normalized spacial score (nSPS) is 11.4. The van der Waals surface area contributed by atoms with Gasteiger partial charge in [0.15, 0.2) is 0 Å². The number of nitrogens with zero attached hydrogens (tertiary/aromatic N) is 1. The van der Waals surface area contributed by atoms with Crippen LogP contribution in [0.4, 0.5) is 5.69 Å². The van der Waals surface area contributed by atoms with Gasteiger partial charge in [-0.1, -0.05) is 11.6 Å². The van der Waals surface area contributed by atoms with Gasteiger partial charge < -0.3 is 10.1 Å². The Morgan fingerprint density at radius 1 is 1.20 bits per heavy atom. The molecule has 0 aliphatic rings. The quantitative estimate of drug-likeness (QED) is 0.646. The molecule has 0 atom stereocenters. The van der Waals surface area contributed by atoms with Crippen LogP contribution in [0.15, 0.2) is 41.3 Å². The number of ether oxygens (including phenoxy) is 1. The van der Waals surface area contributed by atoms with Crippen LogP contribution in [0, 0.1) is 3.57 Å². The van der Waals surface area contributed by atoms with E-state index in [0.717, 1.165) is 4.31 Å². The van der Waals surface area contributed by atoms with Gasteiger partial charge in [0.25, 0.3) is 5.91 Å². The average Bonchev–Trinajstić information content (AvgIpc) is 2.55. The molecule has 0 aliphatic carbocycles. The molecule has 0 aromatic heterocycles. The third-order valence-electron chi connectivity index (χ3n) is 3.37. The number of nitrogens with one attached hydrogen (secondary N) is 1. The molecule has 2 aromatic rings. The lowest BCUT2D eigenvalue weighted by molar-refractivity contribution is 0.102. The van der Waals surface area contributed by atoms with Gasteiger partial charge in [0.1, 0.15) is 5.75 Å². The van der Waals surface area contributed by atoms with Gasteiger partial charge in [-0.25, -0.2) is 12.7 Å². The second kappa shape index (κ2) is 7.90. The molecular weight excluding hydrogens is 479 g/mol. The minimum absolute atomic E-state index is 0.0517. The van der Waals surface area contributed by atoms with Gasteiger partial charge in [-0.3, -0.25) is 4.79 Å². The van der Waals surface area contributed by atoms with E-state index >= 15 is 0 Å². The van der Waals surface area contributed by atoms with E-state index in [1.165, 1.54) is 33.3 Å². The lowest BCUT2D eigenvalue weighted by Crippen LogP contribution is -2.23. The number of carbonyl (C=O) groups excluding carboxylic acids is 1. The van der Waals surface area contributed by atoms with Crippen molar-refractivity contribution in [2.75, 3.05) is 26.5 Å². The lowest BCUT2D eigenvalue weighted by Gasteiger charge is -2.13. The molecule has 2 aromatic carbocycles. The second-order valence-electron chi connectivity index (χ2n) is 5.23. The van der Waals surface area contributed by atoms with Crippen LogP contribution in [-0.4, -0.2) is 39.8 Å². The summed E-state index contributed by atoms with van der Waals surface area (Å²) in [7, 11) is 0.746. The number of benzene rings is 2. The highest BCUT2D eigenvalue weighted by atomic mass is 127. The summed E-state index contributed by atoms with van der Waals surface area (Å²) in [5.41, 5.74) is 0.739. The maximum Gasteiger partial charge on any atom is 0.256 e. The zero-order valence-corrected chi connectivity index (χ0v) is 17.4. The number of anilines is 1. The van der Waals surface area contributed by atoms with Crippen molar-refractivity contribution in [2.24, 2.45) is 0 Å². The standard InChI is InChI=1S/C16H16ClIN2O4S/c1-20(2)25(22,23)11-5-6-14(18)12(9-11)16(21)19-10-4-7-15(24-3)13(17)8-10/h4-9H,1-3H3,(H,19,21). The predicted octanol–water partition coefficient (Wildman–Crippen LogP) is 3.46. The molecular formula is C16H16ClIN2O4S. The van der Waals surface area contributed by atoms with E-state index in [4.69, 9.17) is 16.3 Å². The molecule has 134 valence electrons. The Balaban J connectivity index is 2.35. The van der Waals surface area contributed by atoms with E-state index in [-0.39, 0.29) is 10.5 Å². The van der Waals surface area contributed by atoms with Crippen molar-refractivity contribution in [3.63, 3.8) is 0 Å². The summed E-state index contributed by atoms with van der Waals surface area (Å²) in [5.74, 6) is 0.0646. The first-order valence-electron chi connectivity index (χ1n) is 7.03. The molecule has 0 bridgehead atoms. The van der Waals surface area contributed by atoms with Crippen LogP contribution in [0.3, 0.4) is 0 Å². The van der Waals surface area contributed by atoms with Crippen molar-refractivity contribution in [3.8, 4) is 5.75 Å². The van der Waals surface area contributed by atoms with Crippen molar-refractivity contribution in [1.82, 2.24) is 4.31 Å². The fraction of sp³-hybridized carbons (Fsp3) is 0.188. The largest absolute Gasteiger partial charge is 0.495 e. The summed E-state index contributed by atoms with van der Waals surface area (Å²) in [4.78, 5) is 12.6. The van der Waals surface area contributed by atoms with Gasteiger partial charge >= 0.3 is 0 Å². The SMILES string of the molecule is COc1ccc(NC(=O)c2cc(S(=O)(=O)N(C)C)ccc2I)cc1Cl. The molecule has 0 radical (unpaired) electrons. The lowest BCUT2D eigenvalue weighted by atomic mass is 10.2. The second-order valence-corrected chi connectivity index (χ2v) is 8.95. The molecule has 0 aliphatic heterocycles. The highest BCUT2D eigenvalue weighted by Gasteiger charge is 2.20. The minimum Gasteiger partial charge on any atom is -0.495 e. The van der Waals surface area contributed by atoms with Gasteiger partial charge in [0, 0.05) is 23.4 Å². The van der Waals surface area contributed by atoms with E-state index in [1.54, 1.807) is 24.3 Å². The van der Waals surface area contributed by atoms with Gasteiger partial charge in [-0.2, -0.15) is 0 Å². The monoisotopic (exact) mass is 494 g/mol. The topological polar surface area (TPSA) is 75.7 Å². The number of carbonyl (C=O) groups is 1. The first-order chi connectivity index (χ1) is 11.7. The predicted molar refractivity (Wildman–Crippen MR) is 106 cm³/mol. The van der Waals surface area contributed by atoms with Crippen molar-refractivity contribution in [3.05, 3.63) is 50.6 Å².